The third-order valence-electron chi connectivity index (χ3n) is 3.58. The van der Waals surface area contributed by atoms with Gasteiger partial charge in [0.05, 0.1) is 13.0 Å². The number of nitrogens with zero attached hydrogens (tertiary/aromatic N) is 1. The summed E-state index contributed by atoms with van der Waals surface area (Å²) in [5.74, 6) is -2.12. The Morgan fingerprint density at radius 1 is 0.957 bits per heavy atom. The second kappa shape index (κ2) is 8.39. The second-order valence-electron chi connectivity index (χ2n) is 5.27. The molecule has 0 spiro atoms. The van der Waals surface area contributed by atoms with Gasteiger partial charge in [0.15, 0.2) is 11.6 Å². The summed E-state index contributed by atoms with van der Waals surface area (Å²) in [6.07, 6.45) is 0.649. The number of amides is 1. The first kappa shape index (κ1) is 17.1. The summed E-state index contributed by atoms with van der Waals surface area (Å²) in [4.78, 5) is 13.9. The van der Waals surface area contributed by atoms with Crippen LogP contribution in [-0.4, -0.2) is 35.6 Å². The minimum absolute atomic E-state index is 0.0218. The molecular formula is C18H19F2NO2. The van der Waals surface area contributed by atoms with Crippen molar-refractivity contribution in [1.29, 1.82) is 0 Å². The molecule has 0 fully saturated rings. The molecule has 3 nitrogen and oxygen atoms in total. The van der Waals surface area contributed by atoms with Crippen LogP contribution in [0.1, 0.15) is 11.1 Å². The smallest absolute Gasteiger partial charge is 0.227 e. The summed E-state index contributed by atoms with van der Waals surface area (Å²) in [6.45, 7) is 0.542. The molecular weight excluding hydrogens is 300 g/mol. The van der Waals surface area contributed by atoms with Crippen molar-refractivity contribution in [3.63, 3.8) is 0 Å². The van der Waals surface area contributed by atoms with Gasteiger partial charge in [-0.15, -0.1) is 0 Å². The zero-order chi connectivity index (χ0) is 16.7. The monoisotopic (exact) mass is 319 g/mol. The number of hydrogen-bond acceptors (Lipinski definition) is 2. The first-order valence-corrected chi connectivity index (χ1v) is 7.46. The molecule has 2 aromatic carbocycles. The molecule has 2 rings (SSSR count). The lowest BCUT2D eigenvalue weighted by Gasteiger charge is -2.22. The van der Waals surface area contributed by atoms with Gasteiger partial charge in [0.2, 0.25) is 5.91 Å². The van der Waals surface area contributed by atoms with Crippen LogP contribution in [0.4, 0.5) is 8.78 Å². The van der Waals surface area contributed by atoms with Crippen LogP contribution in [0.5, 0.6) is 0 Å². The normalized spacial score (nSPS) is 10.6. The second-order valence-corrected chi connectivity index (χ2v) is 5.27. The SMILES string of the molecule is O=C(Cc1ccc(F)c(F)c1)N(CCO)CCc1ccccc1. The topological polar surface area (TPSA) is 40.5 Å². The first-order valence-electron chi connectivity index (χ1n) is 7.46. The average molecular weight is 319 g/mol. The molecule has 23 heavy (non-hydrogen) atoms. The zero-order valence-electron chi connectivity index (χ0n) is 12.7. The molecule has 5 heteroatoms. The van der Waals surface area contributed by atoms with Gasteiger partial charge in [-0.2, -0.15) is 0 Å². The molecule has 1 N–H and O–H groups in total. The maximum absolute atomic E-state index is 13.2. The van der Waals surface area contributed by atoms with E-state index in [2.05, 4.69) is 0 Å². The predicted octanol–water partition coefficient (Wildman–Crippen LogP) is 2.57. The molecule has 0 aliphatic heterocycles. The van der Waals surface area contributed by atoms with Crippen molar-refractivity contribution in [1.82, 2.24) is 4.90 Å². The van der Waals surface area contributed by atoms with E-state index in [4.69, 9.17) is 5.11 Å². The number of halogens is 2. The maximum Gasteiger partial charge on any atom is 0.227 e. The summed E-state index contributed by atoms with van der Waals surface area (Å²) in [7, 11) is 0. The van der Waals surface area contributed by atoms with Gasteiger partial charge in [0, 0.05) is 13.1 Å². The van der Waals surface area contributed by atoms with Gasteiger partial charge in [0.1, 0.15) is 0 Å². The Labute approximate surface area is 134 Å². The van der Waals surface area contributed by atoms with Gasteiger partial charge < -0.3 is 10.0 Å². The van der Waals surface area contributed by atoms with Crippen molar-refractivity contribution in [3.8, 4) is 0 Å². The van der Waals surface area contributed by atoms with E-state index in [0.717, 1.165) is 17.7 Å². The minimum Gasteiger partial charge on any atom is -0.395 e. The molecule has 2 aromatic rings. The van der Waals surface area contributed by atoms with Crippen molar-refractivity contribution < 1.29 is 18.7 Å². The van der Waals surface area contributed by atoms with E-state index in [1.54, 1.807) is 0 Å². The number of rotatable bonds is 7. The Balaban J connectivity index is 1.98. The molecule has 1 amide bonds. The third-order valence-corrected chi connectivity index (χ3v) is 3.58. The molecule has 0 radical (unpaired) electrons. The van der Waals surface area contributed by atoms with Crippen molar-refractivity contribution >= 4 is 5.91 Å². The van der Waals surface area contributed by atoms with Crippen LogP contribution in [0, 0.1) is 11.6 Å². The highest BCUT2D eigenvalue weighted by Crippen LogP contribution is 2.11. The van der Waals surface area contributed by atoms with E-state index in [1.165, 1.54) is 11.0 Å². The minimum atomic E-state index is -0.965. The highest BCUT2D eigenvalue weighted by atomic mass is 19.2. The fourth-order valence-corrected chi connectivity index (χ4v) is 2.33. The summed E-state index contributed by atoms with van der Waals surface area (Å²) in [5.41, 5.74) is 1.51. The van der Waals surface area contributed by atoms with E-state index >= 15 is 0 Å². The van der Waals surface area contributed by atoms with Crippen LogP contribution >= 0.6 is 0 Å². The molecule has 0 heterocycles. The molecule has 0 aliphatic carbocycles. The van der Waals surface area contributed by atoms with Crippen molar-refractivity contribution in [2.45, 2.75) is 12.8 Å². The van der Waals surface area contributed by atoms with E-state index in [9.17, 15) is 13.6 Å². The number of hydrogen-bond donors (Lipinski definition) is 1. The highest BCUT2D eigenvalue weighted by Gasteiger charge is 2.14. The van der Waals surface area contributed by atoms with Crippen LogP contribution in [0.2, 0.25) is 0 Å². The summed E-state index contributed by atoms with van der Waals surface area (Å²) < 4.78 is 26.1. The van der Waals surface area contributed by atoms with Crippen molar-refractivity contribution in [3.05, 3.63) is 71.3 Å². The van der Waals surface area contributed by atoms with Gasteiger partial charge >= 0.3 is 0 Å². The standard InChI is InChI=1S/C18H19F2NO2/c19-16-7-6-15(12-17(16)20)13-18(23)21(10-11-22)9-8-14-4-2-1-3-5-14/h1-7,12,22H,8-11,13H2. The molecule has 122 valence electrons. The van der Waals surface area contributed by atoms with Crippen LogP contribution in [0.15, 0.2) is 48.5 Å². The van der Waals surface area contributed by atoms with Crippen LogP contribution in [0.3, 0.4) is 0 Å². The number of carbonyl (C=O) groups excluding carboxylic acids is 1. The van der Waals surface area contributed by atoms with E-state index in [1.807, 2.05) is 30.3 Å². The van der Waals surface area contributed by atoms with E-state index in [0.29, 0.717) is 18.5 Å². The molecule has 0 saturated heterocycles. The number of aliphatic hydroxyl groups excluding tert-OH is 1. The van der Waals surface area contributed by atoms with Gasteiger partial charge in [-0.25, -0.2) is 8.78 Å². The fraction of sp³-hybridized carbons (Fsp3) is 0.278. The Bertz CT molecular complexity index is 647. The Kier molecular flexibility index (Phi) is 6.23. The summed E-state index contributed by atoms with van der Waals surface area (Å²) in [5, 5.41) is 9.13. The van der Waals surface area contributed by atoms with E-state index in [-0.39, 0.29) is 25.5 Å². The van der Waals surface area contributed by atoms with Crippen LogP contribution in [-0.2, 0) is 17.6 Å². The summed E-state index contributed by atoms with van der Waals surface area (Å²) in [6, 6.07) is 13.1. The lowest BCUT2D eigenvalue weighted by atomic mass is 10.1. The average Bonchev–Trinajstić information content (AvgIpc) is 2.55. The number of aliphatic hydroxyl groups is 1. The molecule has 0 atom stereocenters. The van der Waals surface area contributed by atoms with Gasteiger partial charge in [-0.1, -0.05) is 36.4 Å². The Hall–Kier alpha value is -2.27. The molecule has 0 aliphatic rings. The quantitative estimate of drug-likeness (QED) is 0.852. The number of benzene rings is 2. The fourth-order valence-electron chi connectivity index (χ4n) is 2.33. The molecule has 0 saturated carbocycles. The van der Waals surface area contributed by atoms with Crippen LogP contribution in [0.25, 0.3) is 0 Å². The number of carbonyl (C=O) groups is 1. The first-order chi connectivity index (χ1) is 11.1. The largest absolute Gasteiger partial charge is 0.395 e. The van der Waals surface area contributed by atoms with Crippen molar-refractivity contribution in [2.24, 2.45) is 0 Å². The summed E-state index contributed by atoms with van der Waals surface area (Å²) >= 11 is 0. The molecule has 0 aromatic heterocycles. The van der Waals surface area contributed by atoms with Crippen LogP contribution < -0.4 is 0 Å². The predicted molar refractivity (Wildman–Crippen MR) is 83.9 cm³/mol. The lowest BCUT2D eigenvalue weighted by Crippen LogP contribution is -2.36. The lowest BCUT2D eigenvalue weighted by molar-refractivity contribution is -0.131. The zero-order valence-corrected chi connectivity index (χ0v) is 12.7. The van der Waals surface area contributed by atoms with Gasteiger partial charge in [-0.05, 0) is 29.7 Å². The van der Waals surface area contributed by atoms with Gasteiger partial charge in [-0.3, -0.25) is 4.79 Å². The van der Waals surface area contributed by atoms with Crippen molar-refractivity contribution in [2.75, 3.05) is 19.7 Å². The maximum atomic E-state index is 13.2. The van der Waals surface area contributed by atoms with Gasteiger partial charge in [0.25, 0.3) is 0 Å². The Morgan fingerprint density at radius 2 is 1.70 bits per heavy atom. The Morgan fingerprint density at radius 3 is 2.35 bits per heavy atom. The molecule has 0 unspecified atom stereocenters. The third kappa shape index (κ3) is 5.14. The van der Waals surface area contributed by atoms with E-state index < -0.39 is 11.6 Å². The highest BCUT2D eigenvalue weighted by molar-refractivity contribution is 5.78. The molecule has 0 bridgehead atoms.